The van der Waals surface area contributed by atoms with Crippen molar-refractivity contribution < 1.29 is 0 Å². The minimum atomic E-state index is 0.453. The molecule has 0 N–H and O–H groups in total. The molecule has 2 fully saturated rings. The average Bonchev–Trinajstić information content (AvgIpc) is 2.33. The fraction of sp³-hybridized carbons (Fsp3) is 0.778. The summed E-state index contributed by atoms with van der Waals surface area (Å²) in [6.07, 6.45) is 5.16. The van der Waals surface area contributed by atoms with Crippen molar-refractivity contribution in [2.24, 2.45) is 22.7 Å². The summed E-state index contributed by atoms with van der Waals surface area (Å²) >= 11 is 0. The van der Waals surface area contributed by atoms with Crippen molar-refractivity contribution in [3.8, 4) is 0 Å². The molecule has 2 rings (SSSR count). The third-order valence-corrected chi connectivity index (χ3v) is 5.83. The van der Waals surface area contributed by atoms with Gasteiger partial charge in [0.1, 0.15) is 0 Å². The van der Waals surface area contributed by atoms with E-state index in [9.17, 15) is 0 Å². The van der Waals surface area contributed by atoms with Crippen LogP contribution < -0.4 is 0 Å². The molecule has 2 aliphatic rings. The maximum Gasteiger partial charge on any atom is -0.0116 e. The standard InChI is InChI=1S/2C9H16/c2*1-5-8-6-7(2)9(8,3)4/h2*8H,2,5-6H2,1,3-4H3/t2*8-/m10/s1. The van der Waals surface area contributed by atoms with Crippen LogP contribution in [0, 0.1) is 22.7 Å². The van der Waals surface area contributed by atoms with E-state index in [1.807, 2.05) is 0 Å². The summed E-state index contributed by atoms with van der Waals surface area (Å²) in [5, 5.41) is 0. The van der Waals surface area contributed by atoms with Gasteiger partial charge in [0.2, 0.25) is 0 Å². The smallest absolute Gasteiger partial charge is 0.0116 e. The lowest BCUT2D eigenvalue weighted by Crippen LogP contribution is -2.36. The van der Waals surface area contributed by atoms with E-state index in [4.69, 9.17) is 0 Å². The van der Waals surface area contributed by atoms with Crippen molar-refractivity contribution in [2.75, 3.05) is 0 Å². The molecule has 0 heterocycles. The molecule has 0 bridgehead atoms. The van der Waals surface area contributed by atoms with E-state index in [0.29, 0.717) is 10.8 Å². The molecule has 104 valence electrons. The lowest BCUT2D eigenvalue weighted by molar-refractivity contribution is 0.162. The first-order valence-electron chi connectivity index (χ1n) is 7.54. The third-order valence-electron chi connectivity index (χ3n) is 5.83. The summed E-state index contributed by atoms with van der Waals surface area (Å²) in [7, 11) is 0. The van der Waals surface area contributed by atoms with Crippen LogP contribution in [0.2, 0.25) is 0 Å². The summed E-state index contributed by atoms with van der Waals surface area (Å²) in [5.74, 6) is 1.81. The molecule has 2 saturated carbocycles. The molecule has 0 unspecified atom stereocenters. The predicted molar refractivity (Wildman–Crippen MR) is 82.6 cm³/mol. The van der Waals surface area contributed by atoms with Crippen LogP contribution in [-0.4, -0.2) is 0 Å². The van der Waals surface area contributed by atoms with Gasteiger partial charge in [0.15, 0.2) is 0 Å². The quantitative estimate of drug-likeness (QED) is 0.526. The minimum Gasteiger partial charge on any atom is -0.0993 e. The van der Waals surface area contributed by atoms with Crippen LogP contribution in [0.1, 0.15) is 67.2 Å². The Morgan fingerprint density at radius 1 is 0.833 bits per heavy atom. The zero-order valence-electron chi connectivity index (χ0n) is 13.4. The van der Waals surface area contributed by atoms with Gasteiger partial charge in [0, 0.05) is 0 Å². The maximum atomic E-state index is 4.01. The van der Waals surface area contributed by atoms with Crippen molar-refractivity contribution in [1.82, 2.24) is 0 Å². The highest BCUT2D eigenvalue weighted by molar-refractivity contribution is 5.20. The van der Waals surface area contributed by atoms with Gasteiger partial charge < -0.3 is 0 Å². The molecule has 2 aliphatic carbocycles. The molecule has 0 aromatic heterocycles. The van der Waals surface area contributed by atoms with Crippen LogP contribution >= 0.6 is 0 Å². The summed E-state index contributed by atoms with van der Waals surface area (Å²) in [4.78, 5) is 0. The lowest BCUT2D eigenvalue weighted by Gasteiger charge is -2.46. The predicted octanol–water partition coefficient (Wildman–Crippen LogP) is 6.00. The molecule has 0 nitrogen and oxygen atoms in total. The van der Waals surface area contributed by atoms with E-state index in [-0.39, 0.29) is 0 Å². The molecule has 2 atom stereocenters. The van der Waals surface area contributed by atoms with Gasteiger partial charge in [0.05, 0.1) is 0 Å². The lowest BCUT2D eigenvalue weighted by atomic mass is 9.58. The monoisotopic (exact) mass is 248 g/mol. The summed E-state index contributed by atoms with van der Waals surface area (Å²) in [5.41, 5.74) is 3.78. The van der Waals surface area contributed by atoms with Gasteiger partial charge in [-0.05, 0) is 35.5 Å². The molecule has 0 saturated heterocycles. The van der Waals surface area contributed by atoms with E-state index in [0.717, 1.165) is 11.8 Å². The molecule has 0 heteroatoms. The first-order valence-corrected chi connectivity index (χ1v) is 7.54. The number of hydrogen-bond donors (Lipinski definition) is 0. The van der Waals surface area contributed by atoms with Crippen LogP contribution in [0.25, 0.3) is 0 Å². The molecule has 0 aliphatic heterocycles. The highest BCUT2D eigenvalue weighted by Crippen LogP contribution is 2.51. The summed E-state index contributed by atoms with van der Waals surface area (Å²) < 4.78 is 0. The van der Waals surface area contributed by atoms with Gasteiger partial charge in [-0.1, -0.05) is 78.7 Å². The van der Waals surface area contributed by atoms with E-state index in [1.54, 1.807) is 0 Å². The normalized spacial score (nSPS) is 31.9. The van der Waals surface area contributed by atoms with Gasteiger partial charge in [-0.2, -0.15) is 0 Å². The van der Waals surface area contributed by atoms with Gasteiger partial charge in [-0.15, -0.1) is 0 Å². The van der Waals surface area contributed by atoms with Crippen LogP contribution in [-0.2, 0) is 0 Å². The second kappa shape index (κ2) is 5.23. The van der Waals surface area contributed by atoms with Crippen LogP contribution in [0.3, 0.4) is 0 Å². The Balaban J connectivity index is 0.000000180. The molecule has 0 aromatic carbocycles. The maximum absolute atomic E-state index is 4.01. The number of rotatable bonds is 2. The highest BCUT2D eigenvalue weighted by atomic mass is 14.5. The zero-order chi connectivity index (χ0) is 14.1. The first kappa shape index (κ1) is 15.5. The average molecular weight is 248 g/mol. The second-order valence-electron chi connectivity index (χ2n) is 7.27. The van der Waals surface area contributed by atoms with E-state index >= 15 is 0 Å². The molecule has 0 amide bonds. The Morgan fingerprint density at radius 3 is 1.17 bits per heavy atom. The third kappa shape index (κ3) is 2.58. The van der Waals surface area contributed by atoms with Crippen molar-refractivity contribution in [2.45, 2.75) is 67.2 Å². The van der Waals surface area contributed by atoms with Crippen LogP contribution in [0.4, 0.5) is 0 Å². The van der Waals surface area contributed by atoms with Crippen molar-refractivity contribution in [3.63, 3.8) is 0 Å². The molecule has 0 radical (unpaired) electrons. The Labute approximate surface area is 115 Å². The van der Waals surface area contributed by atoms with Gasteiger partial charge >= 0.3 is 0 Å². The summed E-state index contributed by atoms with van der Waals surface area (Å²) in [6.45, 7) is 21.7. The highest BCUT2D eigenvalue weighted by Gasteiger charge is 2.40. The summed E-state index contributed by atoms with van der Waals surface area (Å²) in [6, 6.07) is 0. The van der Waals surface area contributed by atoms with E-state index in [1.165, 1.54) is 36.8 Å². The first-order chi connectivity index (χ1) is 8.17. The van der Waals surface area contributed by atoms with Crippen molar-refractivity contribution in [1.29, 1.82) is 0 Å². The molecule has 18 heavy (non-hydrogen) atoms. The molecular formula is C18H32. The molecular weight excluding hydrogens is 216 g/mol. The Hall–Kier alpha value is -0.520. The fourth-order valence-electron chi connectivity index (χ4n) is 3.26. The van der Waals surface area contributed by atoms with E-state index < -0.39 is 0 Å². The van der Waals surface area contributed by atoms with Gasteiger partial charge in [-0.25, -0.2) is 0 Å². The molecule has 0 aromatic rings. The Bertz CT molecular complexity index is 296. The van der Waals surface area contributed by atoms with Crippen molar-refractivity contribution in [3.05, 3.63) is 24.3 Å². The number of hydrogen-bond acceptors (Lipinski definition) is 0. The zero-order valence-corrected chi connectivity index (χ0v) is 13.4. The SMILES string of the molecule is C=C1C[C@@H](CC)C1(C)C.C=C1C[C@H](CC)C1(C)C. The van der Waals surface area contributed by atoms with Crippen molar-refractivity contribution >= 4 is 0 Å². The second-order valence-corrected chi connectivity index (χ2v) is 7.27. The molecule has 0 spiro atoms. The Kier molecular flexibility index (Phi) is 4.51. The van der Waals surface area contributed by atoms with Crippen LogP contribution in [0.15, 0.2) is 24.3 Å². The minimum absolute atomic E-state index is 0.453. The number of allylic oxidation sites excluding steroid dienone is 2. The topological polar surface area (TPSA) is 0 Å². The Morgan fingerprint density at radius 2 is 1.11 bits per heavy atom. The fourth-order valence-corrected chi connectivity index (χ4v) is 3.26. The van der Waals surface area contributed by atoms with Gasteiger partial charge in [0.25, 0.3) is 0 Å². The largest absolute Gasteiger partial charge is 0.0993 e. The van der Waals surface area contributed by atoms with Crippen LogP contribution in [0.5, 0.6) is 0 Å². The van der Waals surface area contributed by atoms with Gasteiger partial charge in [-0.3, -0.25) is 0 Å². The van der Waals surface area contributed by atoms with E-state index in [2.05, 4.69) is 54.7 Å².